The molecule has 4 nitrogen and oxygen atoms in total. The molecule has 0 unspecified atom stereocenters. The molecule has 0 fully saturated rings. The van der Waals surface area contributed by atoms with Crippen LogP contribution in [-0.2, 0) is 13.1 Å². The van der Waals surface area contributed by atoms with Crippen LogP contribution in [0.5, 0.6) is 5.75 Å². The lowest BCUT2D eigenvalue weighted by Crippen LogP contribution is -2.14. The molecule has 1 N–H and O–H groups in total. The highest BCUT2D eigenvalue weighted by atomic mass is 19.1. The first kappa shape index (κ1) is 14.5. The van der Waals surface area contributed by atoms with Gasteiger partial charge in [-0.3, -0.25) is 0 Å². The lowest BCUT2D eigenvalue weighted by Gasteiger charge is -2.09. The Morgan fingerprint density at radius 3 is 3.00 bits per heavy atom. The molecular weight excluding hydrogens is 257 g/mol. The Morgan fingerprint density at radius 1 is 1.35 bits per heavy atom. The maximum absolute atomic E-state index is 13.5. The van der Waals surface area contributed by atoms with Crippen molar-refractivity contribution in [3.05, 3.63) is 48.3 Å². The molecule has 0 aliphatic heterocycles. The normalized spacial score (nSPS) is 10.7. The fraction of sp³-hybridized carbons (Fsp3) is 0.400. The van der Waals surface area contributed by atoms with Gasteiger partial charge in [-0.05, 0) is 30.7 Å². The van der Waals surface area contributed by atoms with E-state index in [4.69, 9.17) is 4.74 Å². The topological polar surface area (TPSA) is 39.1 Å². The number of benzene rings is 1. The Labute approximate surface area is 118 Å². The molecule has 0 atom stereocenters. The summed E-state index contributed by atoms with van der Waals surface area (Å²) < 4.78 is 21.0. The molecule has 1 heterocycles. The summed E-state index contributed by atoms with van der Waals surface area (Å²) in [4.78, 5) is 3.96. The largest absolute Gasteiger partial charge is 0.492 e. The van der Waals surface area contributed by atoms with Gasteiger partial charge >= 0.3 is 0 Å². The van der Waals surface area contributed by atoms with E-state index >= 15 is 0 Å². The number of hydrogen-bond acceptors (Lipinski definition) is 3. The van der Waals surface area contributed by atoms with Crippen LogP contribution in [-0.4, -0.2) is 22.7 Å². The smallest absolute Gasteiger partial charge is 0.127 e. The third kappa shape index (κ3) is 4.66. The first-order valence-electron chi connectivity index (χ1n) is 6.86. The van der Waals surface area contributed by atoms with Gasteiger partial charge in [0.15, 0.2) is 0 Å². The Bertz CT molecular complexity index is 514. The molecule has 2 rings (SSSR count). The summed E-state index contributed by atoms with van der Waals surface area (Å²) in [5, 5.41) is 3.25. The highest BCUT2D eigenvalue weighted by Gasteiger charge is 2.02. The van der Waals surface area contributed by atoms with Crippen molar-refractivity contribution in [2.45, 2.75) is 26.4 Å². The van der Waals surface area contributed by atoms with Gasteiger partial charge < -0.3 is 14.6 Å². The van der Waals surface area contributed by atoms with Crippen molar-refractivity contribution in [3.63, 3.8) is 0 Å². The molecule has 0 saturated carbocycles. The molecule has 2 aromatic rings. The number of nitrogens with one attached hydrogen (secondary N) is 1. The number of halogens is 1. The molecule has 0 aliphatic rings. The van der Waals surface area contributed by atoms with Crippen LogP contribution in [0.1, 0.15) is 18.9 Å². The molecule has 1 aromatic carbocycles. The van der Waals surface area contributed by atoms with Crippen molar-refractivity contribution in [1.82, 2.24) is 14.9 Å². The fourth-order valence-electron chi connectivity index (χ4n) is 1.90. The van der Waals surface area contributed by atoms with E-state index in [9.17, 15) is 4.39 Å². The first-order valence-corrected chi connectivity index (χ1v) is 6.86. The molecule has 0 spiro atoms. The molecule has 1 aromatic heterocycles. The van der Waals surface area contributed by atoms with Gasteiger partial charge in [0, 0.05) is 25.0 Å². The molecule has 0 bridgehead atoms. The van der Waals surface area contributed by atoms with Crippen molar-refractivity contribution < 1.29 is 9.13 Å². The molecule has 108 valence electrons. The molecule has 5 heteroatoms. The predicted molar refractivity (Wildman–Crippen MR) is 76.1 cm³/mol. The zero-order chi connectivity index (χ0) is 14.2. The number of rotatable bonds is 8. The average molecular weight is 277 g/mol. The van der Waals surface area contributed by atoms with Crippen LogP contribution in [0, 0.1) is 5.82 Å². The van der Waals surface area contributed by atoms with Crippen LogP contribution in [0.2, 0.25) is 0 Å². The summed E-state index contributed by atoms with van der Waals surface area (Å²) in [6.45, 7) is 4.86. The van der Waals surface area contributed by atoms with Gasteiger partial charge in [-0.1, -0.05) is 6.92 Å². The third-order valence-electron chi connectivity index (χ3n) is 2.86. The van der Waals surface area contributed by atoms with Crippen LogP contribution in [0.4, 0.5) is 4.39 Å². The summed E-state index contributed by atoms with van der Waals surface area (Å²) in [6, 6.07) is 4.82. The minimum atomic E-state index is -0.265. The maximum Gasteiger partial charge on any atom is 0.127 e. The molecular formula is C15H20FN3O. The molecule has 0 saturated heterocycles. The fourth-order valence-corrected chi connectivity index (χ4v) is 1.90. The third-order valence-corrected chi connectivity index (χ3v) is 2.86. The van der Waals surface area contributed by atoms with E-state index < -0.39 is 0 Å². The highest BCUT2D eigenvalue weighted by molar-refractivity contribution is 5.29. The standard InChI is InChI=1S/C15H20FN3O/c1-2-3-17-11-13-8-14(16)10-15(9-13)20-7-6-19-5-4-18-12-19/h4-5,8-10,12,17H,2-3,6-7,11H2,1H3. The summed E-state index contributed by atoms with van der Waals surface area (Å²) in [5.74, 6) is 0.303. The summed E-state index contributed by atoms with van der Waals surface area (Å²) in [5.41, 5.74) is 0.899. The van der Waals surface area contributed by atoms with E-state index in [1.807, 2.05) is 16.8 Å². The lowest BCUT2D eigenvalue weighted by molar-refractivity contribution is 0.296. The van der Waals surface area contributed by atoms with Gasteiger partial charge in [-0.15, -0.1) is 0 Å². The van der Waals surface area contributed by atoms with E-state index in [0.29, 0.717) is 25.4 Å². The molecule has 0 amide bonds. The van der Waals surface area contributed by atoms with Crippen LogP contribution in [0.3, 0.4) is 0 Å². The number of ether oxygens (including phenoxy) is 1. The quantitative estimate of drug-likeness (QED) is 0.754. The monoisotopic (exact) mass is 277 g/mol. The van der Waals surface area contributed by atoms with E-state index in [0.717, 1.165) is 18.5 Å². The molecule has 0 aliphatic carbocycles. The minimum absolute atomic E-state index is 0.265. The van der Waals surface area contributed by atoms with E-state index in [-0.39, 0.29) is 5.82 Å². The van der Waals surface area contributed by atoms with Gasteiger partial charge in [-0.2, -0.15) is 0 Å². The first-order chi connectivity index (χ1) is 9.78. The zero-order valence-electron chi connectivity index (χ0n) is 11.7. The summed E-state index contributed by atoms with van der Waals surface area (Å²) >= 11 is 0. The van der Waals surface area contributed by atoms with E-state index in [1.165, 1.54) is 12.1 Å². The molecule has 0 radical (unpaired) electrons. The molecule has 20 heavy (non-hydrogen) atoms. The van der Waals surface area contributed by atoms with Crippen LogP contribution in [0.25, 0.3) is 0 Å². The second kappa shape index (κ2) is 7.65. The highest BCUT2D eigenvalue weighted by Crippen LogP contribution is 2.16. The van der Waals surface area contributed by atoms with E-state index in [1.54, 1.807) is 12.5 Å². The van der Waals surface area contributed by atoms with E-state index in [2.05, 4.69) is 17.2 Å². The predicted octanol–water partition coefficient (Wildman–Crippen LogP) is 2.60. The van der Waals surface area contributed by atoms with Crippen molar-refractivity contribution >= 4 is 0 Å². The average Bonchev–Trinajstić information content (AvgIpc) is 2.92. The van der Waals surface area contributed by atoms with Crippen molar-refractivity contribution in [2.24, 2.45) is 0 Å². The number of imidazole rings is 1. The van der Waals surface area contributed by atoms with Gasteiger partial charge in [-0.25, -0.2) is 9.37 Å². The minimum Gasteiger partial charge on any atom is -0.492 e. The zero-order valence-corrected chi connectivity index (χ0v) is 11.7. The Kier molecular flexibility index (Phi) is 5.55. The number of nitrogens with zero attached hydrogens (tertiary/aromatic N) is 2. The van der Waals surface area contributed by atoms with Crippen LogP contribution >= 0.6 is 0 Å². The lowest BCUT2D eigenvalue weighted by atomic mass is 10.2. The second-order valence-corrected chi connectivity index (χ2v) is 4.62. The van der Waals surface area contributed by atoms with Gasteiger partial charge in [0.2, 0.25) is 0 Å². The Balaban J connectivity index is 1.86. The van der Waals surface area contributed by atoms with Crippen molar-refractivity contribution in [3.8, 4) is 5.75 Å². The second-order valence-electron chi connectivity index (χ2n) is 4.62. The van der Waals surface area contributed by atoms with Gasteiger partial charge in [0.05, 0.1) is 12.9 Å². The Hall–Kier alpha value is -1.88. The number of aromatic nitrogens is 2. The van der Waals surface area contributed by atoms with Crippen molar-refractivity contribution in [1.29, 1.82) is 0 Å². The van der Waals surface area contributed by atoms with Gasteiger partial charge in [0.1, 0.15) is 18.2 Å². The summed E-state index contributed by atoms with van der Waals surface area (Å²) in [6.07, 6.45) is 6.38. The number of hydrogen-bond donors (Lipinski definition) is 1. The Morgan fingerprint density at radius 2 is 2.25 bits per heavy atom. The SMILES string of the molecule is CCCNCc1cc(F)cc(OCCn2ccnc2)c1. The van der Waals surface area contributed by atoms with Crippen LogP contribution in [0.15, 0.2) is 36.9 Å². The van der Waals surface area contributed by atoms with Crippen LogP contribution < -0.4 is 10.1 Å². The summed E-state index contributed by atoms with van der Waals surface area (Å²) in [7, 11) is 0. The van der Waals surface area contributed by atoms with Crippen molar-refractivity contribution in [2.75, 3.05) is 13.2 Å². The van der Waals surface area contributed by atoms with Gasteiger partial charge in [0.25, 0.3) is 0 Å². The maximum atomic E-state index is 13.5.